The number of carbonyl (C=O) groups excluding carboxylic acids is 1. The van der Waals surface area contributed by atoms with Crippen molar-refractivity contribution in [1.29, 1.82) is 0 Å². The first-order valence-electron chi connectivity index (χ1n) is 11.8. The highest BCUT2D eigenvalue weighted by atomic mass is 35.5. The molecule has 1 aromatic heterocycles. The maximum atomic E-state index is 11.6. The third kappa shape index (κ3) is 5.40. The van der Waals surface area contributed by atoms with E-state index in [0.717, 1.165) is 66.3 Å². The molecule has 10 heteroatoms. The molecule has 1 saturated heterocycles. The smallest absolute Gasteiger partial charge is 0.262 e. The number of ether oxygens (including phenoxy) is 4. The predicted octanol–water partition coefficient (Wildman–Crippen LogP) is 4.40. The fourth-order valence-electron chi connectivity index (χ4n) is 4.79. The first-order chi connectivity index (χ1) is 16.6. The number of carbonyl (C=O) groups is 1. The second kappa shape index (κ2) is 11.0. The molecule has 1 N–H and O–H groups in total. The standard InChI is InChI=1S/C26H27N3O5.2ClH/c1-16-2-4-20-21(27-16)5-7-24-26(20)34-19(14-31-24)13-29-10-8-17(9-11-29)33-18-3-6-23-22(12-18)28-25(30)15-32-23;;/h2-7,12,17,19H,8-11,13-15H2,1H3,(H,28,30);2*1H/t19-;;/m0../s1. The predicted molar refractivity (Wildman–Crippen MR) is 142 cm³/mol. The molecule has 2 aromatic carbocycles. The van der Waals surface area contributed by atoms with Gasteiger partial charge in [-0.05, 0) is 56.2 Å². The molecule has 6 rings (SSSR count). The van der Waals surface area contributed by atoms with E-state index in [0.29, 0.717) is 18.0 Å². The highest BCUT2D eigenvalue weighted by Crippen LogP contribution is 2.38. The number of rotatable bonds is 4. The van der Waals surface area contributed by atoms with Crippen LogP contribution < -0.4 is 24.3 Å². The van der Waals surface area contributed by atoms with Gasteiger partial charge in [0.05, 0.1) is 11.2 Å². The Hall–Kier alpha value is -2.94. The van der Waals surface area contributed by atoms with Gasteiger partial charge in [-0.2, -0.15) is 0 Å². The molecule has 1 atom stereocenters. The zero-order valence-corrected chi connectivity index (χ0v) is 21.5. The van der Waals surface area contributed by atoms with Gasteiger partial charge in [0.15, 0.2) is 18.1 Å². The summed E-state index contributed by atoms with van der Waals surface area (Å²) in [6.07, 6.45) is 1.96. The number of aromatic nitrogens is 1. The molecule has 0 aliphatic carbocycles. The molecular weight excluding hydrogens is 505 g/mol. The van der Waals surface area contributed by atoms with Gasteiger partial charge in [0, 0.05) is 36.8 Å². The summed E-state index contributed by atoms with van der Waals surface area (Å²) in [4.78, 5) is 18.6. The highest BCUT2D eigenvalue weighted by Gasteiger charge is 2.28. The van der Waals surface area contributed by atoms with Gasteiger partial charge in [-0.3, -0.25) is 14.7 Å². The zero-order chi connectivity index (χ0) is 23.1. The van der Waals surface area contributed by atoms with Gasteiger partial charge in [0.2, 0.25) is 0 Å². The normalized spacial score (nSPS) is 19.2. The van der Waals surface area contributed by atoms with Crippen LogP contribution in [0.3, 0.4) is 0 Å². The van der Waals surface area contributed by atoms with Gasteiger partial charge in [0.25, 0.3) is 5.91 Å². The Labute approximate surface area is 222 Å². The van der Waals surface area contributed by atoms with Gasteiger partial charge in [0.1, 0.15) is 30.3 Å². The van der Waals surface area contributed by atoms with Crippen molar-refractivity contribution < 1.29 is 23.7 Å². The lowest BCUT2D eigenvalue weighted by Gasteiger charge is -2.36. The summed E-state index contributed by atoms with van der Waals surface area (Å²) in [5.74, 6) is 2.86. The van der Waals surface area contributed by atoms with Crippen LogP contribution >= 0.6 is 24.8 Å². The quantitative estimate of drug-likeness (QED) is 0.532. The average Bonchev–Trinajstić information content (AvgIpc) is 2.84. The molecule has 0 spiro atoms. The van der Waals surface area contributed by atoms with Crippen LogP contribution in [-0.4, -0.2) is 60.8 Å². The summed E-state index contributed by atoms with van der Waals surface area (Å²) in [5, 5.41) is 3.82. The number of likely N-dealkylation sites (tertiary alicyclic amines) is 1. The number of pyridine rings is 1. The molecule has 4 heterocycles. The van der Waals surface area contributed by atoms with Crippen LogP contribution in [-0.2, 0) is 4.79 Å². The molecular formula is C26H29Cl2N3O5. The lowest BCUT2D eigenvalue weighted by Crippen LogP contribution is -2.45. The van der Waals surface area contributed by atoms with E-state index in [-0.39, 0.29) is 49.5 Å². The average molecular weight is 534 g/mol. The molecule has 0 radical (unpaired) electrons. The van der Waals surface area contributed by atoms with E-state index in [2.05, 4.69) is 21.3 Å². The Bertz CT molecular complexity index is 1250. The molecule has 3 aliphatic rings. The number of nitrogens with zero attached hydrogens (tertiary/aromatic N) is 2. The van der Waals surface area contributed by atoms with Crippen molar-refractivity contribution >= 4 is 47.3 Å². The van der Waals surface area contributed by atoms with Gasteiger partial charge < -0.3 is 24.3 Å². The third-order valence-corrected chi connectivity index (χ3v) is 6.52. The number of aryl methyl sites for hydroxylation is 1. The Balaban J connectivity index is 0.00000152. The Kier molecular flexibility index (Phi) is 7.97. The monoisotopic (exact) mass is 533 g/mol. The van der Waals surface area contributed by atoms with Gasteiger partial charge in [-0.25, -0.2) is 0 Å². The number of nitrogens with one attached hydrogen (secondary N) is 1. The SMILES string of the molecule is Cc1ccc2c3c(ccc2n1)OC[C@H](CN1CCC(Oc2ccc4c(c2)NC(=O)CO4)CC1)O3.Cl.Cl. The largest absolute Gasteiger partial charge is 0.490 e. The number of amides is 1. The van der Waals surface area contributed by atoms with Crippen LogP contribution in [0.2, 0.25) is 0 Å². The summed E-state index contributed by atoms with van der Waals surface area (Å²) in [6.45, 7) is 5.25. The first-order valence-corrected chi connectivity index (χ1v) is 11.8. The number of hydrogen-bond donors (Lipinski definition) is 1. The maximum Gasteiger partial charge on any atom is 0.262 e. The molecule has 0 unspecified atom stereocenters. The molecule has 8 nitrogen and oxygen atoms in total. The van der Waals surface area contributed by atoms with Crippen LogP contribution in [0.1, 0.15) is 18.5 Å². The summed E-state index contributed by atoms with van der Waals surface area (Å²) in [5.41, 5.74) is 2.58. The molecule has 0 bridgehead atoms. The fraction of sp³-hybridized carbons (Fsp3) is 0.385. The van der Waals surface area contributed by atoms with Crippen LogP contribution in [0.15, 0.2) is 42.5 Å². The van der Waals surface area contributed by atoms with Crippen molar-refractivity contribution in [3.8, 4) is 23.0 Å². The van der Waals surface area contributed by atoms with E-state index in [1.165, 1.54) is 0 Å². The molecule has 3 aromatic rings. The van der Waals surface area contributed by atoms with Gasteiger partial charge >= 0.3 is 0 Å². The van der Waals surface area contributed by atoms with Crippen molar-refractivity contribution in [2.75, 3.05) is 38.2 Å². The number of fused-ring (bicyclic) bond motifs is 4. The fourth-order valence-corrected chi connectivity index (χ4v) is 4.79. The lowest BCUT2D eigenvalue weighted by molar-refractivity contribution is -0.118. The van der Waals surface area contributed by atoms with Crippen molar-refractivity contribution in [1.82, 2.24) is 9.88 Å². The van der Waals surface area contributed by atoms with Crippen molar-refractivity contribution in [3.63, 3.8) is 0 Å². The Morgan fingerprint density at radius 3 is 2.69 bits per heavy atom. The second-order valence-electron chi connectivity index (χ2n) is 9.08. The van der Waals surface area contributed by atoms with Crippen LogP contribution in [0.25, 0.3) is 10.9 Å². The van der Waals surface area contributed by atoms with Gasteiger partial charge in [-0.15, -0.1) is 24.8 Å². The van der Waals surface area contributed by atoms with Crippen LogP contribution in [0, 0.1) is 6.92 Å². The van der Waals surface area contributed by atoms with Crippen LogP contribution in [0.5, 0.6) is 23.0 Å². The van der Waals surface area contributed by atoms with E-state index < -0.39 is 0 Å². The molecule has 192 valence electrons. The van der Waals surface area contributed by atoms with E-state index in [9.17, 15) is 4.79 Å². The first kappa shape index (κ1) is 26.1. The minimum Gasteiger partial charge on any atom is -0.490 e. The molecule has 1 amide bonds. The molecule has 0 saturated carbocycles. The van der Waals surface area contributed by atoms with Crippen molar-refractivity contribution in [2.24, 2.45) is 0 Å². The topological polar surface area (TPSA) is 82.2 Å². The number of piperidine rings is 1. The summed E-state index contributed by atoms with van der Waals surface area (Å²) >= 11 is 0. The molecule has 36 heavy (non-hydrogen) atoms. The minimum absolute atomic E-state index is 0. The number of benzene rings is 2. The van der Waals surface area contributed by atoms with E-state index in [1.54, 1.807) is 0 Å². The van der Waals surface area contributed by atoms with Crippen LogP contribution in [0.4, 0.5) is 5.69 Å². The lowest BCUT2D eigenvalue weighted by atomic mass is 10.1. The molecule has 1 fully saturated rings. The van der Waals surface area contributed by atoms with E-state index in [4.69, 9.17) is 18.9 Å². The number of hydrogen-bond acceptors (Lipinski definition) is 7. The Morgan fingerprint density at radius 2 is 1.86 bits per heavy atom. The number of anilines is 1. The Morgan fingerprint density at radius 1 is 1.06 bits per heavy atom. The highest BCUT2D eigenvalue weighted by molar-refractivity contribution is 5.95. The second-order valence-corrected chi connectivity index (χ2v) is 9.08. The molecule has 3 aliphatic heterocycles. The van der Waals surface area contributed by atoms with E-state index in [1.807, 2.05) is 43.3 Å². The van der Waals surface area contributed by atoms with E-state index >= 15 is 0 Å². The van der Waals surface area contributed by atoms with Crippen molar-refractivity contribution in [2.45, 2.75) is 32.0 Å². The summed E-state index contributed by atoms with van der Waals surface area (Å²) < 4.78 is 24.0. The zero-order valence-electron chi connectivity index (χ0n) is 19.9. The van der Waals surface area contributed by atoms with Gasteiger partial charge in [-0.1, -0.05) is 0 Å². The summed E-state index contributed by atoms with van der Waals surface area (Å²) in [7, 11) is 0. The van der Waals surface area contributed by atoms with Crippen molar-refractivity contribution in [3.05, 3.63) is 48.2 Å². The minimum atomic E-state index is -0.145. The number of halogens is 2. The summed E-state index contributed by atoms with van der Waals surface area (Å²) in [6, 6.07) is 13.6. The third-order valence-electron chi connectivity index (χ3n) is 6.52. The maximum absolute atomic E-state index is 11.6.